The van der Waals surface area contributed by atoms with E-state index in [1.165, 1.54) is 11.8 Å². The zero-order chi connectivity index (χ0) is 21.9. The minimum atomic E-state index is -0.249. The molecular formula is C23H19N6NaO2S. The van der Waals surface area contributed by atoms with Gasteiger partial charge in [0.1, 0.15) is 5.75 Å². The van der Waals surface area contributed by atoms with E-state index in [1.54, 1.807) is 7.11 Å². The van der Waals surface area contributed by atoms with Crippen LogP contribution in [0.15, 0.2) is 91.2 Å². The Bertz CT molecular complexity index is 1310. The zero-order valence-electron chi connectivity index (χ0n) is 17.1. The summed E-state index contributed by atoms with van der Waals surface area (Å²) in [6, 6.07) is 19.8. The topological polar surface area (TPSA) is 100 Å². The third-order valence-corrected chi connectivity index (χ3v) is 5.92. The van der Waals surface area contributed by atoms with E-state index in [0.29, 0.717) is 16.5 Å². The number of carbonyl (C=O) groups is 1. The van der Waals surface area contributed by atoms with Gasteiger partial charge in [0.05, 0.1) is 12.0 Å². The van der Waals surface area contributed by atoms with E-state index in [2.05, 4.69) is 31.0 Å². The molecule has 8 nitrogen and oxygen atoms in total. The number of hydrogen-bond acceptors (Lipinski definition) is 8. The Hall–Kier alpha value is -2.85. The van der Waals surface area contributed by atoms with Crippen LogP contribution in [0.4, 0.5) is 5.69 Å². The molecule has 0 bridgehead atoms. The number of amidine groups is 1. The first kappa shape index (κ1) is 23.3. The van der Waals surface area contributed by atoms with Crippen molar-refractivity contribution in [1.29, 1.82) is 0 Å². The van der Waals surface area contributed by atoms with E-state index in [9.17, 15) is 4.79 Å². The summed E-state index contributed by atoms with van der Waals surface area (Å²) in [5.74, 6) is 0.567. The molecule has 3 aromatic rings. The van der Waals surface area contributed by atoms with Gasteiger partial charge in [-0.2, -0.15) is 4.99 Å². The molecular weight excluding hydrogens is 447 g/mol. The summed E-state index contributed by atoms with van der Waals surface area (Å²) in [6.45, 7) is 0. The summed E-state index contributed by atoms with van der Waals surface area (Å²) < 4.78 is 5.27. The van der Waals surface area contributed by atoms with E-state index in [1.807, 2.05) is 66.7 Å². The SMILES string of the molecule is COc1ccc2cc(/C=C3\SC(Nc4ccc(CC5N=NN=N5)cc4)=NC3=O)ccc2c1.[NaH]. The van der Waals surface area contributed by atoms with Gasteiger partial charge in [0.2, 0.25) is 0 Å². The molecule has 2 heterocycles. The van der Waals surface area contributed by atoms with Gasteiger partial charge in [-0.25, -0.2) is 0 Å². The second kappa shape index (κ2) is 10.4. The molecule has 2 aliphatic rings. The number of nitrogens with one attached hydrogen (secondary N) is 1. The van der Waals surface area contributed by atoms with Crippen LogP contribution in [0.2, 0.25) is 0 Å². The number of amides is 1. The maximum absolute atomic E-state index is 12.4. The molecule has 3 aromatic carbocycles. The molecule has 5 rings (SSSR count). The maximum atomic E-state index is 12.4. The molecule has 0 atom stereocenters. The normalized spacial score (nSPS) is 16.3. The molecule has 0 spiro atoms. The molecule has 0 saturated carbocycles. The third-order valence-electron chi connectivity index (χ3n) is 5.02. The molecule has 1 N–H and O–H groups in total. The number of anilines is 1. The van der Waals surface area contributed by atoms with Crippen LogP contribution in [0.3, 0.4) is 0 Å². The Kier molecular flexibility index (Phi) is 7.34. The Morgan fingerprint density at radius 2 is 1.73 bits per heavy atom. The number of carbonyl (C=O) groups excluding carboxylic acids is 1. The molecule has 10 heteroatoms. The van der Waals surface area contributed by atoms with Crippen LogP contribution in [0.25, 0.3) is 16.8 Å². The Labute approximate surface area is 216 Å². The molecule has 0 saturated heterocycles. The number of aliphatic imine (C=N–C) groups is 1. The number of hydrogen-bond donors (Lipinski definition) is 1. The van der Waals surface area contributed by atoms with E-state index in [-0.39, 0.29) is 41.6 Å². The fraction of sp³-hybridized carbons (Fsp3) is 0.130. The zero-order valence-corrected chi connectivity index (χ0v) is 17.9. The first-order chi connectivity index (χ1) is 15.7. The Morgan fingerprint density at radius 3 is 2.48 bits per heavy atom. The summed E-state index contributed by atoms with van der Waals surface area (Å²) in [6.07, 6.45) is 2.27. The van der Waals surface area contributed by atoms with Crippen LogP contribution in [-0.2, 0) is 11.2 Å². The van der Waals surface area contributed by atoms with Gasteiger partial charge in [0, 0.05) is 12.1 Å². The summed E-state index contributed by atoms with van der Waals surface area (Å²) in [4.78, 5) is 17.1. The Balaban J connectivity index is 0.00000259. The number of benzene rings is 3. The quantitative estimate of drug-likeness (QED) is 0.423. The van der Waals surface area contributed by atoms with Crippen molar-refractivity contribution in [2.75, 3.05) is 12.4 Å². The second-order valence-electron chi connectivity index (χ2n) is 7.22. The fourth-order valence-electron chi connectivity index (χ4n) is 3.40. The molecule has 160 valence electrons. The predicted molar refractivity (Wildman–Crippen MR) is 133 cm³/mol. The molecule has 33 heavy (non-hydrogen) atoms. The number of fused-ring (bicyclic) bond motifs is 1. The van der Waals surface area contributed by atoms with Crippen molar-refractivity contribution in [3.63, 3.8) is 0 Å². The van der Waals surface area contributed by atoms with Crippen molar-refractivity contribution in [1.82, 2.24) is 0 Å². The molecule has 0 unspecified atom stereocenters. The van der Waals surface area contributed by atoms with E-state index >= 15 is 0 Å². The molecule has 1 amide bonds. The number of methoxy groups -OCH3 is 1. The predicted octanol–water partition coefficient (Wildman–Crippen LogP) is 4.98. The Morgan fingerprint density at radius 1 is 1.00 bits per heavy atom. The van der Waals surface area contributed by atoms with Crippen LogP contribution in [0, 0.1) is 0 Å². The van der Waals surface area contributed by atoms with Gasteiger partial charge in [-0.05, 0) is 80.5 Å². The van der Waals surface area contributed by atoms with Gasteiger partial charge in [-0.1, -0.05) is 30.3 Å². The molecule has 0 aliphatic carbocycles. The monoisotopic (exact) mass is 466 g/mol. The van der Waals surface area contributed by atoms with Gasteiger partial charge in [0.15, 0.2) is 11.3 Å². The number of thioether (sulfide) groups is 1. The van der Waals surface area contributed by atoms with Gasteiger partial charge >= 0.3 is 29.6 Å². The summed E-state index contributed by atoms with van der Waals surface area (Å²) in [7, 11) is 1.65. The van der Waals surface area contributed by atoms with Crippen LogP contribution in [0.5, 0.6) is 5.75 Å². The van der Waals surface area contributed by atoms with Crippen molar-refractivity contribution in [2.45, 2.75) is 12.6 Å². The average molecular weight is 467 g/mol. The summed E-state index contributed by atoms with van der Waals surface area (Å²) >= 11 is 1.33. The average Bonchev–Trinajstić information content (AvgIpc) is 3.44. The van der Waals surface area contributed by atoms with Gasteiger partial charge in [0.25, 0.3) is 5.91 Å². The minimum absolute atomic E-state index is 0. The van der Waals surface area contributed by atoms with E-state index in [4.69, 9.17) is 4.74 Å². The van der Waals surface area contributed by atoms with Crippen molar-refractivity contribution in [3.05, 3.63) is 76.7 Å². The molecule has 0 aromatic heterocycles. The molecule has 0 fully saturated rings. The summed E-state index contributed by atoms with van der Waals surface area (Å²) in [5.41, 5.74) is 2.87. The third kappa shape index (κ3) is 5.56. The number of ether oxygens (including phenoxy) is 1. The van der Waals surface area contributed by atoms with Gasteiger partial charge in [-0.15, -0.1) is 10.2 Å². The van der Waals surface area contributed by atoms with Crippen molar-refractivity contribution >= 4 is 74.9 Å². The molecule has 2 aliphatic heterocycles. The fourth-order valence-corrected chi connectivity index (χ4v) is 4.24. The summed E-state index contributed by atoms with van der Waals surface area (Å²) in [5, 5.41) is 20.8. The number of rotatable bonds is 5. The molecule has 0 radical (unpaired) electrons. The van der Waals surface area contributed by atoms with E-state index in [0.717, 1.165) is 33.3 Å². The second-order valence-corrected chi connectivity index (χ2v) is 8.25. The van der Waals surface area contributed by atoms with Crippen molar-refractivity contribution < 1.29 is 9.53 Å². The van der Waals surface area contributed by atoms with E-state index < -0.39 is 0 Å². The first-order valence-corrected chi connectivity index (χ1v) is 10.7. The first-order valence-electron chi connectivity index (χ1n) is 9.92. The van der Waals surface area contributed by atoms with Crippen molar-refractivity contribution in [2.24, 2.45) is 25.7 Å². The van der Waals surface area contributed by atoms with Crippen LogP contribution in [-0.4, -0.2) is 53.9 Å². The van der Waals surface area contributed by atoms with Gasteiger partial charge in [-0.3, -0.25) is 4.79 Å². The van der Waals surface area contributed by atoms with Crippen LogP contribution >= 0.6 is 11.8 Å². The van der Waals surface area contributed by atoms with Crippen molar-refractivity contribution in [3.8, 4) is 5.75 Å². The van der Waals surface area contributed by atoms with Crippen LogP contribution < -0.4 is 10.1 Å². The van der Waals surface area contributed by atoms with Crippen LogP contribution in [0.1, 0.15) is 11.1 Å². The van der Waals surface area contributed by atoms with Gasteiger partial charge < -0.3 is 10.1 Å². The number of nitrogens with zero attached hydrogens (tertiary/aromatic N) is 5. The standard InChI is InChI=1S/C23H18N6O2S.Na.H/c1-31-19-9-6-16-10-15(2-5-17(16)13-19)11-20-22(30)25-23(32-20)24-18-7-3-14(4-8-18)12-21-26-28-29-27-21;;/h2-11,13,21H,12H2,1H3,(H,24,25,30);;/b20-11-;;.